The number of carbonyl (C=O) groups excluding carboxylic acids is 2. The molecule has 1 aliphatic heterocycles. The van der Waals surface area contributed by atoms with Crippen molar-refractivity contribution in [1.29, 1.82) is 0 Å². The molecule has 2 N–H and O–H groups in total. The molecule has 3 amide bonds. The second-order valence-corrected chi connectivity index (χ2v) is 11.0. The van der Waals surface area contributed by atoms with Gasteiger partial charge in [-0.3, -0.25) is 4.79 Å². The van der Waals surface area contributed by atoms with Gasteiger partial charge in [0.2, 0.25) is 5.91 Å². The van der Waals surface area contributed by atoms with Crippen molar-refractivity contribution in [2.75, 3.05) is 20.1 Å². The predicted molar refractivity (Wildman–Crippen MR) is 143 cm³/mol. The molecule has 2 aromatic rings. The first-order chi connectivity index (χ1) is 19.8. The van der Waals surface area contributed by atoms with E-state index in [-0.39, 0.29) is 41.4 Å². The molecule has 2 aliphatic rings. The van der Waals surface area contributed by atoms with Gasteiger partial charge in [0.25, 0.3) is 0 Å². The van der Waals surface area contributed by atoms with E-state index in [2.05, 4.69) is 10.6 Å². The van der Waals surface area contributed by atoms with E-state index in [1.807, 2.05) is 30.3 Å². The van der Waals surface area contributed by atoms with Crippen molar-refractivity contribution in [3.8, 4) is 0 Å². The summed E-state index contributed by atoms with van der Waals surface area (Å²) >= 11 is 0. The lowest BCUT2D eigenvalue weighted by atomic mass is 9.83. The van der Waals surface area contributed by atoms with Crippen LogP contribution in [0.5, 0.6) is 0 Å². The molecule has 0 radical (unpaired) electrons. The minimum absolute atomic E-state index is 0.000371. The molecule has 1 aliphatic carbocycles. The fraction of sp³-hybridized carbons (Fsp3) is 0.533. The highest BCUT2D eigenvalue weighted by molar-refractivity contribution is 5.79. The van der Waals surface area contributed by atoms with E-state index < -0.39 is 35.7 Å². The molecular weight excluding hydrogens is 564 g/mol. The number of carbonyl (C=O) groups is 2. The Bertz CT molecular complexity index is 1200. The van der Waals surface area contributed by atoms with E-state index in [1.165, 1.54) is 6.92 Å². The predicted octanol–water partition coefficient (Wildman–Crippen LogP) is 6.67. The zero-order valence-electron chi connectivity index (χ0n) is 23.4. The molecule has 3 atom stereocenters. The van der Waals surface area contributed by atoms with Gasteiger partial charge in [-0.15, -0.1) is 0 Å². The quantitative estimate of drug-likeness (QED) is 0.365. The zero-order valence-corrected chi connectivity index (χ0v) is 23.4. The van der Waals surface area contributed by atoms with Crippen LogP contribution in [0, 0.1) is 5.92 Å². The lowest BCUT2D eigenvalue weighted by Crippen LogP contribution is -2.49. The first kappa shape index (κ1) is 31.7. The van der Waals surface area contributed by atoms with Gasteiger partial charge in [0.05, 0.1) is 23.3 Å². The van der Waals surface area contributed by atoms with Crippen LogP contribution < -0.4 is 10.6 Å². The van der Waals surface area contributed by atoms with Crippen molar-refractivity contribution in [1.82, 2.24) is 15.5 Å². The Morgan fingerprint density at radius 3 is 2.05 bits per heavy atom. The summed E-state index contributed by atoms with van der Waals surface area (Å²) in [5.74, 6) is -0.509. The third-order valence-electron chi connectivity index (χ3n) is 8.19. The fourth-order valence-electron chi connectivity index (χ4n) is 5.87. The number of amides is 3. The third kappa shape index (κ3) is 7.76. The number of likely N-dealkylation sites (tertiary alicyclic amines) is 1. The lowest BCUT2D eigenvalue weighted by molar-refractivity contribution is -0.143. The maximum absolute atomic E-state index is 13.5. The molecule has 1 saturated carbocycles. The van der Waals surface area contributed by atoms with Gasteiger partial charge in [-0.2, -0.15) is 26.3 Å². The zero-order chi connectivity index (χ0) is 30.7. The molecule has 230 valence electrons. The highest BCUT2D eigenvalue weighted by atomic mass is 19.4. The average molecular weight is 600 g/mol. The number of alkyl halides is 6. The summed E-state index contributed by atoms with van der Waals surface area (Å²) in [7, 11) is 1.54. The monoisotopic (exact) mass is 599 g/mol. The van der Waals surface area contributed by atoms with Crippen molar-refractivity contribution < 1.29 is 40.7 Å². The highest BCUT2D eigenvalue weighted by Crippen LogP contribution is 2.40. The summed E-state index contributed by atoms with van der Waals surface area (Å²) in [4.78, 5) is 26.9. The van der Waals surface area contributed by atoms with Crippen LogP contribution in [0.1, 0.15) is 73.3 Å². The fourth-order valence-corrected chi connectivity index (χ4v) is 5.87. The van der Waals surface area contributed by atoms with Gasteiger partial charge in [0.1, 0.15) is 0 Å². The van der Waals surface area contributed by atoms with Crippen molar-refractivity contribution in [3.63, 3.8) is 0 Å². The molecule has 0 aromatic heterocycles. The Labute approximate surface area is 240 Å². The maximum atomic E-state index is 13.5. The Balaban J connectivity index is 1.50. The summed E-state index contributed by atoms with van der Waals surface area (Å²) in [5.41, 5.74) is -2.12. The summed E-state index contributed by atoms with van der Waals surface area (Å²) in [5, 5.41) is 5.41. The Kier molecular flexibility index (Phi) is 9.74. The second-order valence-electron chi connectivity index (χ2n) is 11.0. The van der Waals surface area contributed by atoms with Crippen molar-refractivity contribution >= 4 is 11.9 Å². The van der Waals surface area contributed by atoms with Crippen LogP contribution in [0.15, 0.2) is 48.5 Å². The van der Waals surface area contributed by atoms with E-state index in [0.29, 0.717) is 57.3 Å². The largest absolute Gasteiger partial charge is 0.416 e. The standard InChI is InChI=1S/C30H35F6N3O3/c1-18(21-14-22(29(31,32)33)16-23(15-21)30(34,35)36)42-26-12-13-39(17-25(26)19-6-4-3-5-7-19)27(40)20-8-10-24(11-9-20)38-28(41)37-2/h3-7,14-16,18,20,24-26H,8-13,17H2,1-2H3,(H2,37,38,41). The average Bonchev–Trinajstić information content (AvgIpc) is 2.96. The van der Waals surface area contributed by atoms with Gasteiger partial charge < -0.3 is 20.3 Å². The van der Waals surface area contributed by atoms with Crippen LogP contribution in [0.2, 0.25) is 0 Å². The Morgan fingerprint density at radius 2 is 1.50 bits per heavy atom. The molecule has 1 saturated heterocycles. The molecule has 42 heavy (non-hydrogen) atoms. The van der Waals surface area contributed by atoms with Crippen LogP contribution in [0.3, 0.4) is 0 Å². The molecule has 3 unspecified atom stereocenters. The SMILES string of the molecule is CNC(=O)NC1CCC(C(=O)N2CCC(OC(C)c3cc(C(F)(F)F)cc(C(F)(F)F)c3)C(c3ccccc3)C2)CC1. The van der Waals surface area contributed by atoms with Gasteiger partial charge >= 0.3 is 18.4 Å². The van der Waals surface area contributed by atoms with Crippen LogP contribution in [0.25, 0.3) is 0 Å². The normalized spacial score (nSPS) is 24.1. The third-order valence-corrected chi connectivity index (χ3v) is 8.19. The van der Waals surface area contributed by atoms with Gasteiger partial charge in [-0.1, -0.05) is 30.3 Å². The van der Waals surface area contributed by atoms with Crippen molar-refractivity contribution in [3.05, 3.63) is 70.8 Å². The molecule has 0 spiro atoms. The molecular formula is C30H35F6N3O3. The van der Waals surface area contributed by atoms with E-state index in [1.54, 1.807) is 11.9 Å². The minimum atomic E-state index is -4.95. The molecule has 4 rings (SSSR count). The number of ether oxygens (including phenoxy) is 1. The topological polar surface area (TPSA) is 70.7 Å². The number of urea groups is 1. The van der Waals surface area contributed by atoms with Crippen LogP contribution in [0.4, 0.5) is 31.1 Å². The number of hydrogen-bond acceptors (Lipinski definition) is 3. The molecule has 2 aromatic carbocycles. The van der Waals surface area contributed by atoms with Gasteiger partial charge in [0.15, 0.2) is 0 Å². The van der Waals surface area contributed by atoms with Gasteiger partial charge in [-0.25, -0.2) is 4.79 Å². The van der Waals surface area contributed by atoms with Gasteiger partial charge in [-0.05, 0) is 68.4 Å². The maximum Gasteiger partial charge on any atom is 0.416 e. The van der Waals surface area contributed by atoms with E-state index in [9.17, 15) is 35.9 Å². The van der Waals surface area contributed by atoms with Crippen LogP contribution in [-0.2, 0) is 21.9 Å². The number of nitrogens with zero attached hydrogens (tertiary/aromatic N) is 1. The summed E-state index contributed by atoms with van der Waals surface area (Å²) in [6.45, 7) is 2.11. The first-order valence-corrected chi connectivity index (χ1v) is 14.0. The first-order valence-electron chi connectivity index (χ1n) is 14.0. The molecule has 0 bridgehead atoms. The van der Waals surface area contributed by atoms with Crippen LogP contribution >= 0.6 is 0 Å². The highest BCUT2D eigenvalue weighted by Gasteiger charge is 2.40. The summed E-state index contributed by atoms with van der Waals surface area (Å²) in [6.07, 6.45) is -8.51. The molecule has 12 heteroatoms. The van der Waals surface area contributed by atoms with Crippen LogP contribution in [-0.4, -0.2) is 49.1 Å². The number of nitrogens with one attached hydrogen (secondary N) is 2. The van der Waals surface area contributed by atoms with Gasteiger partial charge in [0, 0.05) is 38.0 Å². The van der Waals surface area contributed by atoms with E-state index in [4.69, 9.17) is 4.74 Å². The number of rotatable bonds is 6. The Morgan fingerprint density at radius 1 is 0.905 bits per heavy atom. The number of piperidine rings is 1. The second kappa shape index (κ2) is 12.9. The lowest BCUT2D eigenvalue weighted by Gasteiger charge is -2.41. The number of halogens is 6. The van der Waals surface area contributed by atoms with E-state index in [0.717, 1.165) is 5.56 Å². The summed E-state index contributed by atoms with van der Waals surface area (Å²) in [6, 6.07) is 10.5. The van der Waals surface area contributed by atoms with Crippen molar-refractivity contribution in [2.45, 2.75) is 75.5 Å². The minimum Gasteiger partial charge on any atom is -0.370 e. The Hall–Kier alpha value is -3.28. The van der Waals surface area contributed by atoms with E-state index >= 15 is 0 Å². The van der Waals surface area contributed by atoms with Crippen molar-refractivity contribution in [2.24, 2.45) is 5.92 Å². The molecule has 6 nitrogen and oxygen atoms in total. The number of hydrogen-bond donors (Lipinski definition) is 2. The molecule has 2 fully saturated rings. The molecule has 1 heterocycles. The smallest absolute Gasteiger partial charge is 0.370 e. The summed E-state index contributed by atoms with van der Waals surface area (Å²) < 4.78 is 86.8. The number of benzene rings is 2.